The van der Waals surface area contributed by atoms with Gasteiger partial charge in [0.15, 0.2) is 0 Å². The summed E-state index contributed by atoms with van der Waals surface area (Å²) in [5.41, 5.74) is 1.23. The molecule has 19 heavy (non-hydrogen) atoms. The van der Waals surface area contributed by atoms with Gasteiger partial charge in [0.2, 0.25) is 5.91 Å². The molecule has 0 spiro atoms. The lowest BCUT2D eigenvalue weighted by Gasteiger charge is -2.10. The quantitative estimate of drug-likeness (QED) is 0.848. The summed E-state index contributed by atoms with van der Waals surface area (Å²) in [4.78, 5) is 23.4. The van der Waals surface area contributed by atoms with Crippen LogP contribution in [-0.2, 0) is 9.53 Å². The average molecular weight is 261 g/mol. The predicted octanol–water partition coefficient (Wildman–Crippen LogP) is 2.99. The fourth-order valence-corrected chi connectivity index (χ4v) is 2.34. The summed E-state index contributed by atoms with van der Waals surface area (Å²) in [6.07, 6.45) is 4.24. The lowest BCUT2D eigenvalue weighted by atomic mass is 10.1. The van der Waals surface area contributed by atoms with Crippen molar-refractivity contribution in [3.63, 3.8) is 0 Å². The van der Waals surface area contributed by atoms with E-state index in [0.29, 0.717) is 12.2 Å². The number of anilines is 1. The van der Waals surface area contributed by atoms with Crippen LogP contribution in [0.25, 0.3) is 0 Å². The molecule has 0 radical (unpaired) electrons. The maximum atomic E-state index is 11.9. The van der Waals surface area contributed by atoms with E-state index in [-0.39, 0.29) is 17.8 Å². The molecule has 0 aromatic heterocycles. The number of amides is 1. The van der Waals surface area contributed by atoms with Crippen LogP contribution in [0, 0.1) is 5.92 Å². The fraction of sp³-hybridized carbons (Fsp3) is 0.467. The zero-order chi connectivity index (χ0) is 13.7. The van der Waals surface area contributed by atoms with Crippen LogP contribution in [0.5, 0.6) is 0 Å². The highest BCUT2D eigenvalue weighted by molar-refractivity contribution is 5.94. The Balaban J connectivity index is 1.94. The van der Waals surface area contributed by atoms with Crippen molar-refractivity contribution in [2.75, 3.05) is 11.9 Å². The molecule has 1 saturated carbocycles. The summed E-state index contributed by atoms with van der Waals surface area (Å²) < 4.78 is 4.90. The number of esters is 1. The number of hydrogen-bond donors (Lipinski definition) is 1. The van der Waals surface area contributed by atoms with Crippen molar-refractivity contribution < 1.29 is 14.3 Å². The second-order valence-corrected chi connectivity index (χ2v) is 4.77. The summed E-state index contributed by atoms with van der Waals surface area (Å²) in [5, 5.41) is 2.89. The molecule has 0 unspecified atom stereocenters. The summed E-state index contributed by atoms with van der Waals surface area (Å²) in [5.74, 6) is -0.109. The highest BCUT2D eigenvalue weighted by atomic mass is 16.5. The van der Waals surface area contributed by atoms with Gasteiger partial charge < -0.3 is 10.1 Å². The van der Waals surface area contributed by atoms with Gasteiger partial charge in [-0.2, -0.15) is 0 Å². The summed E-state index contributed by atoms with van der Waals surface area (Å²) >= 11 is 0. The lowest BCUT2D eigenvalue weighted by molar-refractivity contribution is -0.119. The SMILES string of the molecule is CCOC(=O)c1ccc(NC(=O)C2CCCC2)cc1. The number of benzene rings is 1. The predicted molar refractivity (Wildman–Crippen MR) is 73.0 cm³/mol. The molecule has 102 valence electrons. The van der Waals surface area contributed by atoms with E-state index in [0.717, 1.165) is 31.4 Å². The fourth-order valence-electron chi connectivity index (χ4n) is 2.34. The largest absolute Gasteiger partial charge is 0.462 e. The van der Waals surface area contributed by atoms with Crippen LogP contribution in [0.2, 0.25) is 0 Å². The van der Waals surface area contributed by atoms with Crippen LogP contribution in [0.1, 0.15) is 43.0 Å². The molecule has 0 heterocycles. The van der Waals surface area contributed by atoms with E-state index in [2.05, 4.69) is 5.32 Å². The maximum absolute atomic E-state index is 11.9. The molecule has 1 amide bonds. The van der Waals surface area contributed by atoms with Gasteiger partial charge in [0.1, 0.15) is 0 Å². The first kappa shape index (κ1) is 13.6. The third-order valence-corrected chi connectivity index (χ3v) is 3.39. The Hall–Kier alpha value is -1.84. The van der Waals surface area contributed by atoms with E-state index in [1.807, 2.05) is 0 Å². The average Bonchev–Trinajstić information content (AvgIpc) is 2.94. The number of hydrogen-bond acceptors (Lipinski definition) is 3. The van der Waals surface area contributed by atoms with E-state index in [1.165, 1.54) is 0 Å². The summed E-state index contributed by atoms with van der Waals surface area (Å²) in [7, 11) is 0. The van der Waals surface area contributed by atoms with Crippen LogP contribution < -0.4 is 5.32 Å². The van der Waals surface area contributed by atoms with Crippen molar-refractivity contribution in [3.05, 3.63) is 29.8 Å². The molecule has 2 rings (SSSR count). The Morgan fingerprint density at radius 1 is 1.21 bits per heavy atom. The van der Waals surface area contributed by atoms with Crippen molar-refractivity contribution in [3.8, 4) is 0 Å². The minimum absolute atomic E-state index is 0.0846. The van der Waals surface area contributed by atoms with E-state index in [4.69, 9.17) is 4.74 Å². The molecule has 1 fully saturated rings. The Morgan fingerprint density at radius 3 is 2.42 bits per heavy atom. The normalized spacial score (nSPS) is 15.2. The van der Waals surface area contributed by atoms with Crippen LogP contribution in [0.4, 0.5) is 5.69 Å². The molecule has 4 heteroatoms. The van der Waals surface area contributed by atoms with Gasteiger partial charge in [0, 0.05) is 11.6 Å². The molecule has 1 aliphatic carbocycles. The third-order valence-electron chi connectivity index (χ3n) is 3.39. The number of carbonyl (C=O) groups excluding carboxylic acids is 2. The molecule has 1 aromatic rings. The molecule has 0 bridgehead atoms. The van der Waals surface area contributed by atoms with Crippen LogP contribution in [0.15, 0.2) is 24.3 Å². The second kappa shape index (κ2) is 6.36. The molecule has 0 aliphatic heterocycles. The van der Waals surface area contributed by atoms with Crippen LogP contribution >= 0.6 is 0 Å². The Bertz CT molecular complexity index is 447. The minimum atomic E-state index is -0.337. The Morgan fingerprint density at radius 2 is 1.84 bits per heavy atom. The lowest BCUT2D eigenvalue weighted by Crippen LogP contribution is -2.20. The Kier molecular flexibility index (Phi) is 4.55. The smallest absolute Gasteiger partial charge is 0.338 e. The van der Waals surface area contributed by atoms with Gasteiger partial charge in [-0.25, -0.2) is 4.79 Å². The van der Waals surface area contributed by atoms with E-state index in [9.17, 15) is 9.59 Å². The third kappa shape index (κ3) is 3.56. The second-order valence-electron chi connectivity index (χ2n) is 4.77. The number of nitrogens with one attached hydrogen (secondary N) is 1. The van der Waals surface area contributed by atoms with Gasteiger partial charge in [0.25, 0.3) is 0 Å². The monoisotopic (exact) mass is 261 g/mol. The molecule has 1 N–H and O–H groups in total. The van der Waals surface area contributed by atoms with Gasteiger partial charge in [0.05, 0.1) is 12.2 Å². The molecule has 0 atom stereocenters. The van der Waals surface area contributed by atoms with Crippen molar-refractivity contribution in [1.29, 1.82) is 0 Å². The standard InChI is InChI=1S/C15H19NO3/c1-2-19-15(18)12-7-9-13(10-8-12)16-14(17)11-5-3-4-6-11/h7-11H,2-6H2,1H3,(H,16,17). The van der Waals surface area contributed by atoms with Crippen molar-refractivity contribution in [1.82, 2.24) is 0 Å². The minimum Gasteiger partial charge on any atom is -0.462 e. The topological polar surface area (TPSA) is 55.4 Å². The molecule has 1 aromatic carbocycles. The summed E-state index contributed by atoms with van der Waals surface area (Å²) in [6.45, 7) is 2.13. The molecule has 4 nitrogen and oxygen atoms in total. The maximum Gasteiger partial charge on any atom is 0.338 e. The van der Waals surface area contributed by atoms with Crippen molar-refractivity contribution in [2.24, 2.45) is 5.92 Å². The van der Waals surface area contributed by atoms with Gasteiger partial charge in [-0.3, -0.25) is 4.79 Å². The van der Waals surface area contributed by atoms with Gasteiger partial charge in [-0.15, -0.1) is 0 Å². The van der Waals surface area contributed by atoms with Gasteiger partial charge in [-0.05, 0) is 44.0 Å². The van der Waals surface area contributed by atoms with Crippen molar-refractivity contribution >= 4 is 17.6 Å². The first-order valence-electron chi connectivity index (χ1n) is 6.78. The zero-order valence-corrected chi connectivity index (χ0v) is 11.1. The molecule has 1 aliphatic rings. The number of rotatable bonds is 4. The summed E-state index contributed by atoms with van der Waals surface area (Å²) in [6, 6.07) is 6.81. The van der Waals surface area contributed by atoms with Gasteiger partial charge in [-0.1, -0.05) is 12.8 Å². The van der Waals surface area contributed by atoms with Gasteiger partial charge >= 0.3 is 5.97 Å². The van der Waals surface area contributed by atoms with E-state index >= 15 is 0 Å². The number of ether oxygens (including phenoxy) is 1. The van der Waals surface area contributed by atoms with Crippen molar-refractivity contribution in [2.45, 2.75) is 32.6 Å². The van der Waals surface area contributed by atoms with E-state index < -0.39 is 0 Å². The highest BCUT2D eigenvalue weighted by Gasteiger charge is 2.22. The Labute approximate surface area is 113 Å². The van der Waals surface area contributed by atoms with Crippen LogP contribution in [-0.4, -0.2) is 18.5 Å². The first-order valence-corrected chi connectivity index (χ1v) is 6.78. The highest BCUT2D eigenvalue weighted by Crippen LogP contribution is 2.26. The number of carbonyl (C=O) groups is 2. The first-order chi connectivity index (χ1) is 9.20. The zero-order valence-electron chi connectivity index (χ0n) is 11.1. The molecule has 0 saturated heterocycles. The van der Waals surface area contributed by atoms with E-state index in [1.54, 1.807) is 31.2 Å². The van der Waals surface area contributed by atoms with Crippen LogP contribution in [0.3, 0.4) is 0 Å². The molecular formula is C15H19NO3. The molecular weight excluding hydrogens is 242 g/mol.